The van der Waals surface area contributed by atoms with Crippen LogP contribution in [0.1, 0.15) is 69.0 Å². The SMILES string of the molecule is O=C1CCCCC1Cc1nc(C2CC3CCC2C3)no1. The number of nitrogens with zero attached hydrogens (tertiary/aromatic N) is 2. The van der Waals surface area contributed by atoms with Crippen LogP contribution in [0.2, 0.25) is 0 Å². The predicted octanol–water partition coefficient (Wildman–Crippen LogP) is 3.28. The Hall–Kier alpha value is -1.19. The predicted molar refractivity (Wildman–Crippen MR) is 73.2 cm³/mol. The minimum atomic E-state index is 0.122. The highest BCUT2D eigenvalue weighted by molar-refractivity contribution is 5.81. The van der Waals surface area contributed by atoms with Crippen LogP contribution in [0.15, 0.2) is 4.52 Å². The molecule has 4 atom stereocenters. The highest BCUT2D eigenvalue weighted by Gasteiger charge is 2.42. The van der Waals surface area contributed by atoms with Crippen LogP contribution in [0.3, 0.4) is 0 Å². The maximum absolute atomic E-state index is 11.9. The summed E-state index contributed by atoms with van der Waals surface area (Å²) in [4.78, 5) is 16.5. The minimum absolute atomic E-state index is 0.122. The van der Waals surface area contributed by atoms with Gasteiger partial charge >= 0.3 is 0 Å². The van der Waals surface area contributed by atoms with Crippen molar-refractivity contribution in [2.75, 3.05) is 0 Å². The fourth-order valence-corrected chi connectivity index (χ4v) is 4.54. The van der Waals surface area contributed by atoms with E-state index in [0.717, 1.165) is 43.3 Å². The zero-order valence-electron chi connectivity index (χ0n) is 11.9. The molecule has 2 bridgehead atoms. The van der Waals surface area contributed by atoms with E-state index >= 15 is 0 Å². The standard InChI is InChI=1S/C16H22N2O2/c19-14-4-2-1-3-12(14)9-15-17-16(18-20-15)13-8-10-5-6-11(13)7-10/h10-13H,1-9H2. The lowest BCUT2D eigenvalue weighted by molar-refractivity contribution is -0.124. The van der Waals surface area contributed by atoms with Gasteiger partial charge in [-0.1, -0.05) is 18.0 Å². The second kappa shape index (κ2) is 4.97. The summed E-state index contributed by atoms with van der Waals surface area (Å²) < 4.78 is 5.42. The van der Waals surface area contributed by atoms with Gasteiger partial charge in [-0.25, -0.2) is 0 Å². The first-order valence-electron chi connectivity index (χ1n) is 8.15. The first-order chi connectivity index (χ1) is 9.79. The van der Waals surface area contributed by atoms with Gasteiger partial charge in [0.25, 0.3) is 0 Å². The van der Waals surface area contributed by atoms with Crippen molar-refractivity contribution in [2.24, 2.45) is 17.8 Å². The Morgan fingerprint density at radius 2 is 2.10 bits per heavy atom. The zero-order valence-corrected chi connectivity index (χ0v) is 11.9. The molecule has 4 heteroatoms. The Bertz CT molecular complexity index is 510. The molecule has 3 fully saturated rings. The van der Waals surface area contributed by atoms with Gasteiger partial charge in [-0.3, -0.25) is 4.79 Å². The molecule has 3 aliphatic carbocycles. The van der Waals surface area contributed by atoms with Gasteiger partial charge in [0.1, 0.15) is 5.78 Å². The van der Waals surface area contributed by atoms with Crippen LogP contribution >= 0.6 is 0 Å². The molecule has 1 aromatic rings. The number of hydrogen-bond donors (Lipinski definition) is 0. The van der Waals surface area contributed by atoms with Crippen LogP contribution < -0.4 is 0 Å². The van der Waals surface area contributed by atoms with Crippen molar-refractivity contribution in [3.8, 4) is 0 Å². The van der Waals surface area contributed by atoms with Crippen LogP contribution in [0.4, 0.5) is 0 Å². The van der Waals surface area contributed by atoms with E-state index in [1.165, 1.54) is 25.7 Å². The van der Waals surface area contributed by atoms with E-state index in [1.54, 1.807) is 0 Å². The third-order valence-electron chi connectivity index (χ3n) is 5.66. The molecule has 3 aliphatic rings. The van der Waals surface area contributed by atoms with Crippen LogP contribution in [0.5, 0.6) is 0 Å². The lowest BCUT2D eigenvalue weighted by Gasteiger charge is -2.18. The number of fused-ring (bicyclic) bond motifs is 2. The molecule has 1 aromatic heterocycles. The number of Topliss-reactive ketones (excluding diaryl/α,β-unsaturated/α-hetero) is 1. The number of ketones is 1. The maximum Gasteiger partial charge on any atom is 0.227 e. The zero-order chi connectivity index (χ0) is 13.5. The summed E-state index contributed by atoms with van der Waals surface area (Å²) >= 11 is 0. The molecule has 0 spiro atoms. The summed E-state index contributed by atoms with van der Waals surface area (Å²) in [6.07, 6.45) is 9.92. The average molecular weight is 274 g/mol. The highest BCUT2D eigenvalue weighted by Crippen LogP contribution is 2.52. The molecular formula is C16H22N2O2. The number of aromatic nitrogens is 2. The molecule has 0 aromatic carbocycles. The largest absolute Gasteiger partial charge is 0.339 e. The van der Waals surface area contributed by atoms with Gasteiger partial charge in [0.15, 0.2) is 5.82 Å². The molecule has 0 radical (unpaired) electrons. The normalized spacial score (nSPS) is 36.7. The van der Waals surface area contributed by atoms with E-state index in [4.69, 9.17) is 4.52 Å². The van der Waals surface area contributed by atoms with Gasteiger partial charge in [-0.05, 0) is 43.9 Å². The van der Waals surface area contributed by atoms with Gasteiger partial charge in [-0.15, -0.1) is 0 Å². The maximum atomic E-state index is 11.9. The van der Waals surface area contributed by atoms with Crippen molar-refractivity contribution >= 4 is 5.78 Å². The average Bonchev–Trinajstić information content (AvgIpc) is 3.16. The van der Waals surface area contributed by atoms with Crippen molar-refractivity contribution in [3.63, 3.8) is 0 Å². The van der Waals surface area contributed by atoms with Gasteiger partial charge in [0, 0.05) is 24.7 Å². The highest BCUT2D eigenvalue weighted by atomic mass is 16.5. The second-order valence-electron chi connectivity index (χ2n) is 6.94. The Kier molecular flexibility index (Phi) is 3.12. The molecule has 4 rings (SSSR count). The van der Waals surface area contributed by atoms with E-state index in [2.05, 4.69) is 10.1 Å². The monoisotopic (exact) mass is 274 g/mol. The molecule has 0 saturated heterocycles. The van der Waals surface area contributed by atoms with Crippen molar-refractivity contribution in [1.82, 2.24) is 10.1 Å². The molecule has 0 aliphatic heterocycles. The van der Waals surface area contributed by atoms with Crippen LogP contribution in [0.25, 0.3) is 0 Å². The summed E-state index contributed by atoms with van der Waals surface area (Å²) in [7, 11) is 0. The molecular weight excluding hydrogens is 252 g/mol. The van der Waals surface area contributed by atoms with Gasteiger partial charge in [-0.2, -0.15) is 4.98 Å². The summed E-state index contributed by atoms with van der Waals surface area (Å²) in [6.45, 7) is 0. The lowest BCUT2D eigenvalue weighted by atomic mass is 9.85. The third-order valence-corrected chi connectivity index (χ3v) is 5.66. The summed E-state index contributed by atoms with van der Waals surface area (Å²) in [5, 5.41) is 4.21. The van der Waals surface area contributed by atoms with Crippen molar-refractivity contribution < 1.29 is 9.32 Å². The Morgan fingerprint density at radius 1 is 1.15 bits per heavy atom. The van der Waals surface area contributed by atoms with Crippen LogP contribution in [-0.4, -0.2) is 15.9 Å². The Balaban J connectivity index is 1.44. The molecule has 20 heavy (non-hydrogen) atoms. The Morgan fingerprint density at radius 3 is 2.85 bits per heavy atom. The van der Waals surface area contributed by atoms with E-state index in [0.29, 0.717) is 24.0 Å². The van der Waals surface area contributed by atoms with E-state index < -0.39 is 0 Å². The second-order valence-corrected chi connectivity index (χ2v) is 6.94. The van der Waals surface area contributed by atoms with Crippen LogP contribution in [0, 0.1) is 17.8 Å². The lowest BCUT2D eigenvalue weighted by Crippen LogP contribution is -2.21. The van der Waals surface area contributed by atoms with Crippen molar-refractivity contribution in [3.05, 3.63) is 11.7 Å². The minimum Gasteiger partial charge on any atom is -0.339 e. The summed E-state index contributed by atoms with van der Waals surface area (Å²) in [6, 6.07) is 0. The van der Waals surface area contributed by atoms with E-state index in [1.807, 2.05) is 0 Å². The first-order valence-corrected chi connectivity index (χ1v) is 8.15. The summed E-state index contributed by atoms with van der Waals surface area (Å²) in [5.74, 6) is 4.30. The molecule has 1 heterocycles. The number of hydrogen-bond acceptors (Lipinski definition) is 4. The van der Waals surface area contributed by atoms with Gasteiger partial charge in [0.2, 0.25) is 5.89 Å². The van der Waals surface area contributed by atoms with Crippen LogP contribution in [-0.2, 0) is 11.2 Å². The molecule has 4 nitrogen and oxygen atoms in total. The fourth-order valence-electron chi connectivity index (χ4n) is 4.54. The number of rotatable bonds is 3. The topological polar surface area (TPSA) is 56.0 Å². The molecule has 4 unspecified atom stereocenters. The smallest absolute Gasteiger partial charge is 0.227 e. The van der Waals surface area contributed by atoms with Crippen molar-refractivity contribution in [2.45, 2.75) is 63.7 Å². The first kappa shape index (κ1) is 12.5. The molecule has 0 amide bonds. The quantitative estimate of drug-likeness (QED) is 0.848. The number of carbonyl (C=O) groups is 1. The van der Waals surface area contributed by atoms with Gasteiger partial charge in [0.05, 0.1) is 0 Å². The van der Waals surface area contributed by atoms with E-state index in [9.17, 15) is 4.79 Å². The van der Waals surface area contributed by atoms with Crippen molar-refractivity contribution in [1.29, 1.82) is 0 Å². The van der Waals surface area contributed by atoms with Gasteiger partial charge < -0.3 is 4.52 Å². The molecule has 3 saturated carbocycles. The van der Waals surface area contributed by atoms with E-state index in [-0.39, 0.29) is 5.92 Å². The Labute approximate surface area is 119 Å². The summed E-state index contributed by atoms with van der Waals surface area (Å²) in [5.41, 5.74) is 0. The molecule has 0 N–H and O–H groups in total. The molecule has 108 valence electrons. The number of carbonyl (C=O) groups excluding carboxylic acids is 1. The third kappa shape index (κ3) is 2.19. The fraction of sp³-hybridized carbons (Fsp3) is 0.812.